The highest BCUT2D eigenvalue weighted by atomic mass is 32.2. The van der Waals surface area contributed by atoms with Crippen molar-refractivity contribution in [2.24, 2.45) is 11.3 Å². The van der Waals surface area contributed by atoms with E-state index in [4.69, 9.17) is 0 Å². The summed E-state index contributed by atoms with van der Waals surface area (Å²) in [6.45, 7) is 7.28. The summed E-state index contributed by atoms with van der Waals surface area (Å²) in [7, 11) is 0. The van der Waals surface area contributed by atoms with Crippen molar-refractivity contribution in [2.75, 3.05) is 11.5 Å². The largest absolute Gasteiger partial charge is 0.310 e. The van der Waals surface area contributed by atoms with Gasteiger partial charge in [-0.05, 0) is 42.8 Å². The third kappa shape index (κ3) is 3.66. The monoisotopic (exact) mass is 269 g/mol. The molecule has 2 heteroatoms. The van der Waals surface area contributed by atoms with Gasteiger partial charge in [0.05, 0.1) is 0 Å². The van der Waals surface area contributed by atoms with E-state index < -0.39 is 0 Å². The minimum absolute atomic E-state index is 0.493. The molecular weight excluding hydrogens is 238 g/mol. The van der Waals surface area contributed by atoms with E-state index >= 15 is 0 Å². The van der Waals surface area contributed by atoms with E-state index in [0.717, 1.165) is 18.0 Å². The molecule has 1 nitrogen and oxygen atoms in total. The van der Waals surface area contributed by atoms with Gasteiger partial charge in [0.15, 0.2) is 0 Å². The van der Waals surface area contributed by atoms with Crippen molar-refractivity contribution in [3.8, 4) is 0 Å². The zero-order valence-electron chi connectivity index (χ0n) is 12.5. The number of thioether (sulfide) groups is 1. The fraction of sp³-hybridized carbons (Fsp3) is 1.00. The summed E-state index contributed by atoms with van der Waals surface area (Å²) in [6.07, 6.45) is 10.0. The maximum absolute atomic E-state index is 4.04. The molecule has 0 radical (unpaired) electrons. The van der Waals surface area contributed by atoms with Gasteiger partial charge in [0.25, 0.3) is 0 Å². The Morgan fingerprint density at radius 1 is 1.22 bits per heavy atom. The SMILES string of the molecule is CCC(NC1CSCCC1(C)C)C1CCCCC1. The van der Waals surface area contributed by atoms with Crippen LogP contribution in [0.1, 0.15) is 65.7 Å². The molecule has 0 amide bonds. The van der Waals surface area contributed by atoms with Crippen molar-refractivity contribution < 1.29 is 0 Å². The van der Waals surface area contributed by atoms with Gasteiger partial charge in [-0.15, -0.1) is 0 Å². The summed E-state index contributed by atoms with van der Waals surface area (Å²) in [5.74, 6) is 3.62. The Balaban J connectivity index is 1.92. The van der Waals surface area contributed by atoms with Crippen LogP contribution in [0.2, 0.25) is 0 Å². The molecule has 0 bridgehead atoms. The Bertz CT molecular complexity index is 245. The Morgan fingerprint density at radius 3 is 2.56 bits per heavy atom. The molecule has 0 aromatic rings. The van der Waals surface area contributed by atoms with Crippen LogP contribution < -0.4 is 5.32 Å². The van der Waals surface area contributed by atoms with Gasteiger partial charge in [0.2, 0.25) is 0 Å². The molecule has 2 atom stereocenters. The van der Waals surface area contributed by atoms with Gasteiger partial charge in [-0.1, -0.05) is 40.0 Å². The lowest BCUT2D eigenvalue weighted by Crippen LogP contribution is -2.52. The molecule has 1 saturated carbocycles. The Morgan fingerprint density at radius 2 is 1.94 bits per heavy atom. The molecule has 2 unspecified atom stereocenters. The number of hydrogen-bond acceptors (Lipinski definition) is 2. The molecule has 0 aromatic carbocycles. The van der Waals surface area contributed by atoms with E-state index in [1.165, 1.54) is 56.5 Å². The summed E-state index contributed by atoms with van der Waals surface area (Å²) < 4.78 is 0. The summed E-state index contributed by atoms with van der Waals surface area (Å²) in [4.78, 5) is 0. The molecule has 1 N–H and O–H groups in total. The van der Waals surface area contributed by atoms with Crippen LogP contribution in [0.3, 0.4) is 0 Å². The molecule has 2 aliphatic rings. The second-order valence-electron chi connectivity index (χ2n) is 6.95. The van der Waals surface area contributed by atoms with Crippen LogP contribution >= 0.6 is 11.8 Å². The summed E-state index contributed by atoms with van der Waals surface area (Å²) in [5, 5.41) is 4.04. The van der Waals surface area contributed by atoms with Crippen LogP contribution in [-0.4, -0.2) is 23.6 Å². The zero-order valence-corrected chi connectivity index (χ0v) is 13.3. The normalized spacial score (nSPS) is 31.2. The van der Waals surface area contributed by atoms with Crippen LogP contribution in [0.25, 0.3) is 0 Å². The maximum atomic E-state index is 4.04. The minimum atomic E-state index is 0.493. The van der Waals surface area contributed by atoms with Crippen LogP contribution in [-0.2, 0) is 0 Å². The van der Waals surface area contributed by atoms with Gasteiger partial charge in [-0.2, -0.15) is 11.8 Å². The van der Waals surface area contributed by atoms with E-state index in [9.17, 15) is 0 Å². The van der Waals surface area contributed by atoms with Gasteiger partial charge in [0.1, 0.15) is 0 Å². The van der Waals surface area contributed by atoms with Crippen molar-refractivity contribution in [1.29, 1.82) is 0 Å². The average molecular weight is 269 g/mol. The molecule has 1 aliphatic heterocycles. The summed E-state index contributed by atoms with van der Waals surface area (Å²) in [6, 6.07) is 1.50. The highest BCUT2D eigenvalue weighted by molar-refractivity contribution is 7.99. The molecule has 2 rings (SSSR count). The standard InChI is InChI=1S/C16H31NS/c1-4-14(13-8-6-5-7-9-13)17-15-12-18-11-10-16(15,2)3/h13-15,17H,4-12H2,1-3H3. The first-order valence-electron chi connectivity index (χ1n) is 7.97. The van der Waals surface area contributed by atoms with Crippen molar-refractivity contribution in [2.45, 2.75) is 77.8 Å². The summed E-state index contributed by atoms with van der Waals surface area (Å²) in [5.41, 5.74) is 0.493. The fourth-order valence-corrected chi connectivity index (χ4v) is 5.21. The van der Waals surface area contributed by atoms with E-state index in [2.05, 4.69) is 37.8 Å². The lowest BCUT2D eigenvalue weighted by molar-refractivity contribution is 0.182. The molecule has 1 aliphatic carbocycles. The van der Waals surface area contributed by atoms with E-state index in [0.29, 0.717) is 5.41 Å². The second-order valence-corrected chi connectivity index (χ2v) is 8.10. The predicted octanol–water partition coefficient (Wildman–Crippen LogP) is 4.47. The second kappa shape index (κ2) is 6.65. The predicted molar refractivity (Wildman–Crippen MR) is 83.3 cm³/mol. The van der Waals surface area contributed by atoms with Crippen molar-refractivity contribution >= 4 is 11.8 Å². The third-order valence-electron chi connectivity index (χ3n) is 5.19. The quantitative estimate of drug-likeness (QED) is 0.808. The molecule has 2 fully saturated rings. The number of rotatable bonds is 4. The molecule has 18 heavy (non-hydrogen) atoms. The van der Waals surface area contributed by atoms with Gasteiger partial charge >= 0.3 is 0 Å². The lowest BCUT2D eigenvalue weighted by atomic mass is 9.79. The van der Waals surface area contributed by atoms with Crippen LogP contribution in [0.4, 0.5) is 0 Å². The third-order valence-corrected chi connectivity index (χ3v) is 6.25. The molecule has 1 heterocycles. The minimum Gasteiger partial charge on any atom is -0.310 e. The molecular formula is C16H31NS. The van der Waals surface area contributed by atoms with E-state index in [-0.39, 0.29) is 0 Å². The van der Waals surface area contributed by atoms with Crippen molar-refractivity contribution in [3.63, 3.8) is 0 Å². The number of hydrogen-bond donors (Lipinski definition) is 1. The molecule has 0 spiro atoms. The van der Waals surface area contributed by atoms with Crippen LogP contribution in [0.15, 0.2) is 0 Å². The van der Waals surface area contributed by atoms with Crippen LogP contribution in [0, 0.1) is 11.3 Å². The Hall–Kier alpha value is 0.310. The maximum Gasteiger partial charge on any atom is 0.0212 e. The van der Waals surface area contributed by atoms with E-state index in [1.54, 1.807) is 0 Å². The summed E-state index contributed by atoms with van der Waals surface area (Å²) >= 11 is 2.14. The van der Waals surface area contributed by atoms with Gasteiger partial charge < -0.3 is 5.32 Å². The van der Waals surface area contributed by atoms with E-state index in [1.807, 2.05) is 0 Å². The Kier molecular flexibility index (Phi) is 5.44. The van der Waals surface area contributed by atoms with Crippen molar-refractivity contribution in [1.82, 2.24) is 5.32 Å². The average Bonchev–Trinajstić information content (AvgIpc) is 2.38. The van der Waals surface area contributed by atoms with Crippen LogP contribution in [0.5, 0.6) is 0 Å². The lowest BCUT2D eigenvalue weighted by Gasteiger charge is -2.43. The van der Waals surface area contributed by atoms with Crippen molar-refractivity contribution in [3.05, 3.63) is 0 Å². The highest BCUT2D eigenvalue weighted by Crippen LogP contribution is 2.36. The Labute approximate surface area is 118 Å². The molecule has 0 aromatic heterocycles. The fourth-order valence-electron chi connectivity index (χ4n) is 3.59. The highest BCUT2D eigenvalue weighted by Gasteiger charge is 2.35. The molecule has 106 valence electrons. The van der Waals surface area contributed by atoms with Gasteiger partial charge in [-0.25, -0.2) is 0 Å². The topological polar surface area (TPSA) is 12.0 Å². The first-order chi connectivity index (χ1) is 8.63. The first kappa shape index (κ1) is 14.7. The first-order valence-corrected chi connectivity index (χ1v) is 9.13. The van der Waals surface area contributed by atoms with Gasteiger partial charge in [0, 0.05) is 17.8 Å². The van der Waals surface area contributed by atoms with Gasteiger partial charge in [-0.3, -0.25) is 0 Å². The zero-order chi connectivity index (χ0) is 13.0. The smallest absolute Gasteiger partial charge is 0.0212 e. The molecule has 1 saturated heterocycles. The number of nitrogens with one attached hydrogen (secondary N) is 1.